The lowest BCUT2D eigenvalue weighted by Crippen LogP contribution is -2.38. The van der Waals surface area contributed by atoms with Gasteiger partial charge < -0.3 is 10.0 Å². The van der Waals surface area contributed by atoms with E-state index in [-0.39, 0.29) is 17.4 Å². The number of anilines is 1. The van der Waals surface area contributed by atoms with Gasteiger partial charge in [0, 0.05) is 12.2 Å². The summed E-state index contributed by atoms with van der Waals surface area (Å²) < 4.78 is 0. The van der Waals surface area contributed by atoms with Crippen LogP contribution < -0.4 is 4.90 Å². The van der Waals surface area contributed by atoms with Gasteiger partial charge in [0.25, 0.3) is 0 Å². The molecule has 0 aliphatic rings. The summed E-state index contributed by atoms with van der Waals surface area (Å²) >= 11 is 0. The predicted molar refractivity (Wildman–Crippen MR) is 70.3 cm³/mol. The summed E-state index contributed by atoms with van der Waals surface area (Å²) in [7, 11) is 0. The fourth-order valence-corrected chi connectivity index (χ4v) is 1.73. The Morgan fingerprint density at radius 2 is 2.35 bits per heavy atom. The molecule has 0 bridgehead atoms. The van der Waals surface area contributed by atoms with Crippen molar-refractivity contribution in [2.75, 3.05) is 11.4 Å². The van der Waals surface area contributed by atoms with Gasteiger partial charge >= 0.3 is 11.7 Å². The highest BCUT2D eigenvalue weighted by molar-refractivity contribution is 5.76. The van der Waals surface area contributed by atoms with Gasteiger partial charge in [0.2, 0.25) is 5.82 Å². The molecule has 0 aromatic carbocycles. The summed E-state index contributed by atoms with van der Waals surface area (Å²) in [5.74, 6) is -1.21. The van der Waals surface area contributed by atoms with E-state index in [1.165, 1.54) is 17.2 Å². The lowest BCUT2D eigenvalue weighted by molar-refractivity contribution is -0.384. The van der Waals surface area contributed by atoms with E-state index in [1.807, 2.05) is 6.92 Å². The van der Waals surface area contributed by atoms with Gasteiger partial charge in [-0.05, 0) is 19.4 Å². The first kappa shape index (κ1) is 15.4. The highest BCUT2D eigenvalue weighted by atomic mass is 16.6. The van der Waals surface area contributed by atoms with E-state index in [0.29, 0.717) is 6.42 Å². The molecule has 0 aliphatic heterocycles. The van der Waals surface area contributed by atoms with Crippen molar-refractivity contribution < 1.29 is 14.8 Å². The molecular weight excluding hydrogens is 264 g/mol. The fourth-order valence-electron chi connectivity index (χ4n) is 1.73. The van der Waals surface area contributed by atoms with Crippen molar-refractivity contribution in [1.82, 2.24) is 4.98 Å². The molecule has 0 fully saturated rings. The number of carboxylic acid groups (broad SMARTS) is 1. The molecule has 1 rings (SSSR count). The highest BCUT2D eigenvalue weighted by Gasteiger charge is 2.29. The third kappa shape index (κ3) is 3.20. The smallest absolute Gasteiger partial charge is 0.329 e. The number of aromatic nitrogens is 1. The van der Waals surface area contributed by atoms with Gasteiger partial charge in [-0.1, -0.05) is 6.92 Å². The van der Waals surface area contributed by atoms with Crippen molar-refractivity contribution in [2.24, 2.45) is 0 Å². The molecule has 0 radical (unpaired) electrons. The second-order valence-corrected chi connectivity index (χ2v) is 4.18. The van der Waals surface area contributed by atoms with Gasteiger partial charge in [-0.2, -0.15) is 5.26 Å². The maximum Gasteiger partial charge on any atom is 0.329 e. The second-order valence-electron chi connectivity index (χ2n) is 4.18. The number of carboxylic acids is 1. The minimum absolute atomic E-state index is 0.0919. The molecule has 1 heterocycles. The molecule has 8 heteroatoms. The molecule has 1 N–H and O–H groups in total. The zero-order chi connectivity index (χ0) is 15.3. The van der Waals surface area contributed by atoms with Crippen LogP contribution in [0.5, 0.6) is 0 Å². The predicted octanol–water partition coefficient (Wildman–Crippen LogP) is 1.55. The van der Waals surface area contributed by atoms with Crippen LogP contribution in [-0.4, -0.2) is 33.6 Å². The maximum atomic E-state index is 11.1. The molecule has 0 amide bonds. The van der Waals surface area contributed by atoms with E-state index in [4.69, 9.17) is 10.4 Å². The van der Waals surface area contributed by atoms with Crippen molar-refractivity contribution in [2.45, 2.75) is 26.3 Å². The number of hydrogen-bond donors (Lipinski definition) is 1. The number of nitriles is 1. The number of rotatable bonds is 6. The number of hydrogen-bond acceptors (Lipinski definition) is 6. The summed E-state index contributed by atoms with van der Waals surface area (Å²) in [4.78, 5) is 26.6. The molecule has 0 aliphatic carbocycles. The molecule has 1 aromatic heterocycles. The molecule has 106 valence electrons. The summed E-state index contributed by atoms with van der Waals surface area (Å²) in [6.07, 6.45) is 1.85. The van der Waals surface area contributed by atoms with Crippen LogP contribution in [0.3, 0.4) is 0 Å². The monoisotopic (exact) mass is 278 g/mol. The van der Waals surface area contributed by atoms with E-state index < -0.39 is 23.1 Å². The van der Waals surface area contributed by atoms with Crippen LogP contribution in [0, 0.1) is 21.4 Å². The third-order valence-corrected chi connectivity index (χ3v) is 2.91. The maximum absolute atomic E-state index is 11.1. The zero-order valence-corrected chi connectivity index (χ0v) is 11.1. The van der Waals surface area contributed by atoms with Crippen LogP contribution in [0.25, 0.3) is 0 Å². The Kier molecular flexibility index (Phi) is 4.97. The molecule has 0 saturated heterocycles. The molecule has 1 unspecified atom stereocenters. The quantitative estimate of drug-likeness (QED) is 0.619. The summed E-state index contributed by atoms with van der Waals surface area (Å²) in [6, 6.07) is 2.70. The van der Waals surface area contributed by atoms with Crippen LogP contribution in [0.2, 0.25) is 0 Å². The lowest BCUT2D eigenvalue weighted by atomic mass is 10.1. The first-order valence-electron chi connectivity index (χ1n) is 5.94. The van der Waals surface area contributed by atoms with E-state index >= 15 is 0 Å². The number of aliphatic carboxylic acids is 1. The average molecular weight is 278 g/mol. The number of carbonyl (C=O) groups is 1. The van der Waals surface area contributed by atoms with Crippen molar-refractivity contribution in [3.63, 3.8) is 0 Å². The standard InChI is InChI=1S/C12H14N4O4/c1-3-8(2)15(7-10(17)18)12-11(16(19)20)9(6-13)4-5-14-12/h4-5,8H,3,7H2,1-2H3,(H,17,18). The largest absolute Gasteiger partial charge is 0.480 e. The Bertz CT molecular complexity index is 567. The molecule has 0 spiro atoms. The average Bonchev–Trinajstić information content (AvgIpc) is 2.42. The molecule has 1 aromatic rings. The van der Waals surface area contributed by atoms with Crippen LogP contribution in [0.4, 0.5) is 11.5 Å². The van der Waals surface area contributed by atoms with Crippen LogP contribution in [0.15, 0.2) is 12.3 Å². The molecule has 1 atom stereocenters. The summed E-state index contributed by atoms with van der Waals surface area (Å²) in [6.45, 7) is 3.16. The second kappa shape index (κ2) is 6.47. The third-order valence-electron chi connectivity index (χ3n) is 2.91. The highest BCUT2D eigenvalue weighted by Crippen LogP contribution is 2.30. The van der Waals surface area contributed by atoms with Crippen LogP contribution in [-0.2, 0) is 4.79 Å². The Balaban J connectivity index is 3.43. The minimum Gasteiger partial charge on any atom is -0.480 e. The van der Waals surface area contributed by atoms with Gasteiger partial charge in [-0.15, -0.1) is 0 Å². The molecule has 0 saturated carbocycles. The fraction of sp³-hybridized carbons (Fsp3) is 0.417. The number of nitro groups is 1. The minimum atomic E-state index is -1.12. The first-order valence-corrected chi connectivity index (χ1v) is 5.94. The van der Waals surface area contributed by atoms with Gasteiger partial charge in [0.05, 0.1) is 4.92 Å². The molecule has 20 heavy (non-hydrogen) atoms. The molecular formula is C12H14N4O4. The first-order chi connectivity index (χ1) is 9.42. The van der Waals surface area contributed by atoms with E-state index in [9.17, 15) is 14.9 Å². The van der Waals surface area contributed by atoms with Crippen molar-refractivity contribution >= 4 is 17.5 Å². The van der Waals surface area contributed by atoms with Gasteiger partial charge in [-0.25, -0.2) is 4.98 Å². The normalized spacial score (nSPS) is 11.4. The Morgan fingerprint density at radius 1 is 1.70 bits per heavy atom. The SMILES string of the molecule is CCC(C)N(CC(=O)O)c1nccc(C#N)c1[N+](=O)[O-]. The Hall–Kier alpha value is -2.69. The van der Waals surface area contributed by atoms with E-state index in [1.54, 1.807) is 13.0 Å². The van der Waals surface area contributed by atoms with Crippen molar-refractivity contribution in [3.05, 3.63) is 27.9 Å². The summed E-state index contributed by atoms with van der Waals surface area (Å²) in [5, 5.41) is 29.0. The van der Waals surface area contributed by atoms with Crippen LogP contribution >= 0.6 is 0 Å². The Labute approximate surface area is 115 Å². The number of nitrogens with zero attached hydrogens (tertiary/aromatic N) is 4. The molecule has 8 nitrogen and oxygen atoms in total. The van der Waals surface area contributed by atoms with Crippen molar-refractivity contribution in [1.29, 1.82) is 5.26 Å². The lowest BCUT2D eigenvalue weighted by Gasteiger charge is -2.27. The van der Waals surface area contributed by atoms with Crippen molar-refractivity contribution in [3.8, 4) is 6.07 Å². The van der Waals surface area contributed by atoms with E-state index in [2.05, 4.69) is 4.98 Å². The van der Waals surface area contributed by atoms with Gasteiger partial charge in [0.1, 0.15) is 18.2 Å². The van der Waals surface area contributed by atoms with Gasteiger partial charge in [0.15, 0.2) is 0 Å². The summed E-state index contributed by atoms with van der Waals surface area (Å²) in [5.41, 5.74) is -0.602. The number of pyridine rings is 1. The zero-order valence-electron chi connectivity index (χ0n) is 11.1. The Morgan fingerprint density at radius 3 is 2.80 bits per heavy atom. The van der Waals surface area contributed by atoms with Crippen LogP contribution in [0.1, 0.15) is 25.8 Å². The van der Waals surface area contributed by atoms with Gasteiger partial charge in [-0.3, -0.25) is 14.9 Å². The topological polar surface area (TPSA) is 120 Å². The van der Waals surface area contributed by atoms with E-state index in [0.717, 1.165) is 0 Å².